The maximum atomic E-state index is 4.36. The molecule has 0 aliphatic carbocycles. The third-order valence-electron chi connectivity index (χ3n) is 2.82. The van der Waals surface area contributed by atoms with Crippen molar-refractivity contribution in [3.8, 4) is 0 Å². The maximum Gasteiger partial charge on any atom is 0.0537 e. The molecule has 1 saturated heterocycles. The van der Waals surface area contributed by atoms with Crippen molar-refractivity contribution in [2.75, 3.05) is 6.54 Å². The van der Waals surface area contributed by atoms with E-state index in [4.69, 9.17) is 0 Å². The van der Waals surface area contributed by atoms with Crippen LogP contribution in [0.5, 0.6) is 0 Å². The number of aromatic nitrogens is 2. The lowest BCUT2D eigenvalue weighted by Crippen LogP contribution is -2.26. The summed E-state index contributed by atoms with van der Waals surface area (Å²) >= 11 is 0. The molecular formula is C11H19N3. The fourth-order valence-corrected chi connectivity index (χ4v) is 2.05. The molecule has 2 rings (SSSR count). The van der Waals surface area contributed by atoms with Crippen molar-refractivity contribution in [2.45, 2.75) is 45.2 Å². The zero-order valence-electron chi connectivity index (χ0n) is 8.87. The molecule has 1 aliphatic rings. The second kappa shape index (κ2) is 4.60. The van der Waals surface area contributed by atoms with E-state index in [0.717, 1.165) is 19.5 Å². The Bertz CT molecular complexity index is 274. The Labute approximate surface area is 85.5 Å². The highest BCUT2D eigenvalue weighted by Gasteiger charge is 2.15. The summed E-state index contributed by atoms with van der Waals surface area (Å²) < 4.78 is 2.05. The molecule has 0 spiro atoms. The van der Waals surface area contributed by atoms with Crippen LogP contribution in [-0.4, -0.2) is 16.3 Å². The summed E-state index contributed by atoms with van der Waals surface area (Å²) in [6.45, 7) is 4.37. The van der Waals surface area contributed by atoms with Gasteiger partial charge in [0.1, 0.15) is 0 Å². The van der Waals surface area contributed by atoms with E-state index < -0.39 is 0 Å². The third kappa shape index (κ3) is 2.15. The molecule has 0 saturated carbocycles. The van der Waals surface area contributed by atoms with Crippen LogP contribution in [0.1, 0.15) is 44.2 Å². The second-order valence-corrected chi connectivity index (χ2v) is 4.04. The van der Waals surface area contributed by atoms with Crippen molar-refractivity contribution in [1.82, 2.24) is 15.1 Å². The second-order valence-electron chi connectivity index (χ2n) is 4.04. The normalized spacial score (nSPS) is 22.5. The third-order valence-corrected chi connectivity index (χ3v) is 2.82. The van der Waals surface area contributed by atoms with Gasteiger partial charge in [0.15, 0.2) is 0 Å². The molecule has 0 aromatic carbocycles. The predicted octanol–water partition coefficient (Wildman–Crippen LogP) is 2.11. The number of hydrogen-bond donors (Lipinski definition) is 1. The molecule has 3 nitrogen and oxygen atoms in total. The predicted molar refractivity (Wildman–Crippen MR) is 57.1 cm³/mol. The van der Waals surface area contributed by atoms with E-state index in [1.54, 1.807) is 0 Å². The highest BCUT2D eigenvalue weighted by molar-refractivity contribution is 5.10. The SMILES string of the molecule is CCCn1cc(C2CCCCN2)cn1. The molecule has 1 fully saturated rings. The van der Waals surface area contributed by atoms with Gasteiger partial charge in [0.05, 0.1) is 6.20 Å². The van der Waals surface area contributed by atoms with E-state index in [-0.39, 0.29) is 0 Å². The van der Waals surface area contributed by atoms with Crippen LogP contribution < -0.4 is 5.32 Å². The lowest BCUT2D eigenvalue weighted by Gasteiger charge is -2.22. The molecule has 1 aromatic heterocycles. The molecule has 0 amide bonds. The van der Waals surface area contributed by atoms with Crippen LogP contribution in [-0.2, 0) is 6.54 Å². The van der Waals surface area contributed by atoms with Gasteiger partial charge in [0, 0.05) is 24.3 Å². The number of piperidine rings is 1. The first kappa shape index (κ1) is 9.71. The standard InChI is InChI=1S/C11H19N3/c1-2-7-14-9-10(8-13-14)11-5-3-4-6-12-11/h8-9,11-12H,2-7H2,1H3. The molecule has 1 aliphatic heterocycles. The fourth-order valence-electron chi connectivity index (χ4n) is 2.05. The summed E-state index contributed by atoms with van der Waals surface area (Å²) in [6, 6.07) is 0.550. The van der Waals surface area contributed by atoms with Gasteiger partial charge in [-0.15, -0.1) is 0 Å². The molecule has 1 aromatic rings. The number of nitrogens with one attached hydrogen (secondary N) is 1. The zero-order valence-corrected chi connectivity index (χ0v) is 8.87. The molecule has 78 valence electrons. The van der Waals surface area contributed by atoms with E-state index in [2.05, 4.69) is 23.5 Å². The van der Waals surface area contributed by atoms with Crippen LogP contribution in [0.25, 0.3) is 0 Å². The Kier molecular flexibility index (Phi) is 3.19. The molecule has 3 heteroatoms. The van der Waals surface area contributed by atoms with Crippen LogP contribution in [0, 0.1) is 0 Å². The van der Waals surface area contributed by atoms with E-state index >= 15 is 0 Å². The van der Waals surface area contributed by atoms with Crippen LogP contribution in [0.3, 0.4) is 0 Å². The molecule has 0 radical (unpaired) electrons. The Morgan fingerprint density at radius 1 is 1.57 bits per heavy atom. The first-order valence-corrected chi connectivity index (χ1v) is 5.66. The van der Waals surface area contributed by atoms with E-state index in [0.29, 0.717) is 6.04 Å². The first-order valence-electron chi connectivity index (χ1n) is 5.66. The number of hydrogen-bond acceptors (Lipinski definition) is 2. The Hall–Kier alpha value is -0.830. The maximum absolute atomic E-state index is 4.36. The lowest BCUT2D eigenvalue weighted by molar-refractivity contribution is 0.412. The molecule has 1 atom stereocenters. The highest BCUT2D eigenvalue weighted by atomic mass is 15.3. The van der Waals surface area contributed by atoms with Gasteiger partial charge in [-0.05, 0) is 25.8 Å². The number of aryl methyl sites for hydroxylation is 1. The summed E-state index contributed by atoms with van der Waals surface area (Å²) in [5, 5.41) is 7.90. The van der Waals surface area contributed by atoms with Crippen molar-refractivity contribution in [1.29, 1.82) is 0 Å². The summed E-state index contributed by atoms with van der Waals surface area (Å²) in [6.07, 6.45) is 9.28. The zero-order chi connectivity index (χ0) is 9.80. The number of nitrogens with zero attached hydrogens (tertiary/aromatic N) is 2. The van der Waals surface area contributed by atoms with Gasteiger partial charge in [-0.25, -0.2) is 0 Å². The first-order chi connectivity index (χ1) is 6.90. The van der Waals surface area contributed by atoms with Crippen LogP contribution in [0.4, 0.5) is 0 Å². The van der Waals surface area contributed by atoms with Gasteiger partial charge >= 0.3 is 0 Å². The topological polar surface area (TPSA) is 29.9 Å². The largest absolute Gasteiger partial charge is 0.310 e. The van der Waals surface area contributed by atoms with E-state index in [9.17, 15) is 0 Å². The van der Waals surface area contributed by atoms with Gasteiger partial charge in [-0.3, -0.25) is 4.68 Å². The van der Waals surface area contributed by atoms with Crippen molar-refractivity contribution in [2.24, 2.45) is 0 Å². The van der Waals surface area contributed by atoms with Crippen LogP contribution in [0.15, 0.2) is 12.4 Å². The fraction of sp³-hybridized carbons (Fsp3) is 0.727. The van der Waals surface area contributed by atoms with E-state index in [1.165, 1.54) is 24.8 Å². The van der Waals surface area contributed by atoms with Crippen molar-refractivity contribution < 1.29 is 0 Å². The van der Waals surface area contributed by atoms with Gasteiger partial charge in [-0.1, -0.05) is 13.3 Å². The minimum Gasteiger partial charge on any atom is -0.310 e. The quantitative estimate of drug-likeness (QED) is 0.796. The van der Waals surface area contributed by atoms with E-state index in [1.807, 2.05) is 10.9 Å². The molecule has 14 heavy (non-hydrogen) atoms. The van der Waals surface area contributed by atoms with Crippen LogP contribution >= 0.6 is 0 Å². The van der Waals surface area contributed by atoms with Crippen molar-refractivity contribution >= 4 is 0 Å². The Balaban J connectivity index is 2.00. The van der Waals surface area contributed by atoms with Crippen molar-refractivity contribution in [3.63, 3.8) is 0 Å². The highest BCUT2D eigenvalue weighted by Crippen LogP contribution is 2.22. The summed E-state index contributed by atoms with van der Waals surface area (Å²) in [4.78, 5) is 0. The average Bonchev–Trinajstić information content (AvgIpc) is 2.68. The summed E-state index contributed by atoms with van der Waals surface area (Å²) in [5.41, 5.74) is 1.36. The summed E-state index contributed by atoms with van der Waals surface area (Å²) in [7, 11) is 0. The van der Waals surface area contributed by atoms with Gasteiger partial charge in [0.25, 0.3) is 0 Å². The average molecular weight is 193 g/mol. The van der Waals surface area contributed by atoms with Gasteiger partial charge < -0.3 is 5.32 Å². The van der Waals surface area contributed by atoms with Gasteiger partial charge in [0.2, 0.25) is 0 Å². The molecule has 0 bridgehead atoms. The molecule has 1 N–H and O–H groups in total. The lowest BCUT2D eigenvalue weighted by atomic mass is 10.0. The monoisotopic (exact) mass is 193 g/mol. The molecule has 2 heterocycles. The Morgan fingerprint density at radius 2 is 2.50 bits per heavy atom. The van der Waals surface area contributed by atoms with Crippen molar-refractivity contribution in [3.05, 3.63) is 18.0 Å². The van der Waals surface area contributed by atoms with Crippen LogP contribution in [0.2, 0.25) is 0 Å². The minimum absolute atomic E-state index is 0.550. The van der Waals surface area contributed by atoms with Gasteiger partial charge in [-0.2, -0.15) is 5.10 Å². The molecule has 1 unspecified atom stereocenters. The smallest absolute Gasteiger partial charge is 0.0537 e. The minimum atomic E-state index is 0.550. The summed E-state index contributed by atoms with van der Waals surface area (Å²) in [5.74, 6) is 0. The Morgan fingerprint density at radius 3 is 3.21 bits per heavy atom. The number of rotatable bonds is 3. The molecular weight excluding hydrogens is 174 g/mol.